The van der Waals surface area contributed by atoms with Crippen molar-refractivity contribution in [2.75, 3.05) is 10.5 Å². The first-order valence-electron chi connectivity index (χ1n) is 5.09. The summed E-state index contributed by atoms with van der Waals surface area (Å²) in [5.74, 6) is 0.131. The summed E-state index contributed by atoms with van der Waals surface area (Å²) in [5.41, 5.74) is 5.82. The molecule has 0 radical (unpaired) electrons. The van der Waals surface area contributed by atoms with Crippen LogP contribution in [0.15, 0.2) is 45.8 Å². The molecular weight excluding hydrogens is 354 g/mol. The fourth-order valence-corrected chi connectivity index (χ4v) is 3.23. The van der Waals surface area contributed by atoms with Crippen molar-refractivity contribution >= 4 is 49.1 Å². The maximum absolute atomic E-state index is 12.2. The van der Waals surface area contributed by atoms with Crippen LogP contribution in [0.1, 0.15) is 0 Å². The molecule has 3 N–H and O–H groups in total. The summed E-state index contributed by atoms with van der Waals surface area (Å²) in [6, 6.07) is 9.22. The quantitative estimate of drug-likeness (QED) is 0.649. The molecule has 0 aliphatic heterocycles. The van der Waals surface area contributed by atoms with Crippen LogP contribution in [0.25, 0.3) is 0 Å². The molecule has 0 spiro atoms. The van der Waals surface area contributed by atoms with Crippen LogP contribution in [-0.4, -0.2) is 13.4 Å². The molecular formula is C11H9BrClN3O2S. The molecule has 0 aliphatic carbocycles. The number of nitrogen functional groups attached to an aromatic ring is 1. The maximum atomic E-state index is 12.2. The van der Waals surface area contributed by atoms with Gasteiger partial charge in [-0.1, -0.05) is 33.6 Å². The van der Waals surface area contributed by atoms with Gasteiger partial charge >= 0.3 is 0 Å². The molecule has 0 saturated heterocycles. The van der Waals surface area contributed by atoms with Gasteiger partial charge in [0.15, 0.2) is 0 Å². The first kappa shape index (κ1) is 14.1. The van der Waals surface area contributed by atoms with E-state index in [0.29, 0.717) is 4.47 Å². The van der Waals surface area contributed by atoms with E-state index in [1.165, 1.54) is 18.2 Å². The van der Waals surface area contributed by atoms with Gasteiger partial charge in [-0.25, -0.2) is 13.4 Å². The first-order chi connectivity index (χ1) is 8.88. The van der Waals surface area contributed by atoms with E-state index in [-0.39, 0.29) is 21.6 Å². The Balaban J connectivity index is 2.40. The zero-order valence-corrected chi connectivity index (χ0v) is 12.6. The second-order valence-corrected chi connectivity index (χ2v) is 6.59. The lowest BCUT2D eigenvalue weighted by Gasteiger charge is -2.10. The van der Waals surface area contributed by atoms with E-state index in [1.807, 2.05) is 0 Å². The molecule has 0 unspecified atom stereocenters. The van der Waals surface area contributed by atoms with E-state index < -0.39 is 10.0 Å². The topological polar surface area (TPSA) is 85.1 Å². The summed E-state index contributed by atoms with van der Waals surface area (Å²) in [5, 5.41) is 0.197. The number of rotatable bonds is 3. The van der Waals surface area contributed by atoms with Crippen molar-refractivity contribution in [3.8, 4) is 0 Å². The molecule has 0 fully saturated rings. The van der Waals surface area contributed by atoms with Crippen molar-refractivity contribution in [2.24, 2.45) is 0 Å². The molecule has 19 heavy (non-hydrogen) atoms. The van der Waals surface area contributed by atoms with Gasteiger partial charge in [-0.05, 0) is 30.3 Å². The summed E-state index contributed by atoms with van der Waals surface area (Å²) in [6.07, 6.45) is 0. The number of aromatic nitrogens is 1. The minimum absolute atomic E-state index is 0.0244. The van der Waals surface area contributed by atoms with Gasteiger partial charge in [0, 0.05) is 4.47 Å². The lowest BCUT2D eigenvalue weighted by Crippen LogP contribution is -2.15. The predicted molar refractivity (Wildman–Crippen MR) is 78.6 cm³/mol. The fraction of sp³-hybridized carbons (Fsp3) is 0. The Bertz CT molecular complexity index is 722. The van der Waals surface area contributed by atoms with Crippen LogP contribution >= 0.6 is 27.5 Å². The van der Waals surface area contributed by atoms with Gasteiger partial charge < -0.3 is 5.73 Å². The SMILES string of the molecule is Nc1ccc(Br)cc1S(=O)(=O)Nc1cccc(Cl)n1. The number of hydrogen-bond acceptors (Lipinski definition) is 4. The van der Waals surface area contributed by atoms with E-state index in [4.69, 9.17) is 17.3 Å². The number of anilines is 2. The maximum Gasteiger partial charge on any atom is 0.265 e. The molecule has 100 valence electrons. The fourth-order valence-electron chi connectivity index (χ4n) is 1.40. The van der Waals surface area contributed by atoms with Gasteiger partial charge in [-0.15, -0.1) is 0 Å². The summed E-state index contributed by atoms with van der Waals surface area (Å²) < 4.78 is 27.3. The summed E-state index contributed by atoms with van der Waals surface area (Å²) in [7, 11) is -3.81. The highest BCUT2D eigenvalue weighted by molar-refractivity contribution is 9.10. The van der Waals surface area contributed by atoms with Crippen molar-refractivity contribution in [3.05, 3.63) is 46.0 Å². The van der Waals surface area contributed by atoms with Gasteiger partial charge in [-0.3, -0.25) is 4.72 Å². The third kappa shape index (κ3) is 3.37. The minimum Gasteiger partial charge on any atom is -0.398 e. The molecule has 5 nitrogen and oxygen atoms in total. The van der Waals surface area contributed by atoms with Crippen molar-refractivity contribution in [1.82, 2.24) is 4.98 Å². The van der Waals surface area contributed by atoms with E-state index in [2.05, 4.69) is 25.6 Å². The molecule has 1 heterocycles. The van der Waals surface area contributed by atoms with Gasteiger partial charge in [0.25, 0.3) is 10.0 Å². The second kappa shape index (κ2) is 5.36. The molecule has 1 aromatic carbocycles. The lowest BCUT2D eigenvalue weighted by atomic mass is 10.3. The third-order valence-electron chi connectivity index (χ3n) is 2.22. The van der Waals surface area contributed by atoms with Crippen LogP contribution in [-0.2, 0) is 10.0 Å². The molecule has 1 aromatic heterocycles. The highest BCUT2D eigenvalue weighted by Gasteiger charge is 2.18. The largest absolute Gasteiger partial charge is 0.398 e. The number of pyridine rings is 1. The summed E-state index contributed by atoms with van der Waals surface area (Å²) in [6.45, 7) is 0. The number of nitrogens with zero attached hydrogens (tertiary/aromatic N) is 1. The smallest absolute Gasteiger partial charge is 0.265 e. The monoisotopic (exact) mass is 361 g/mol. The first-order valence-corrected chi connectivity index (χ1v) is 7.74. The average molecular weight is 363 g/mol. The number of nitrogens with two attached hydrogens (primary N) is 1. The van der Waals surface area contributed by atoms with Crippen LogP contribution in [0, 0.1) is 0 Å². The highest BCUT2D eigenvalue weighted by atomic mass is 79.9. The Labute approximate surface area is 124 Å². The standard InChI is InChI=1S/C11H9BrClN3O2S/c12-7-4-5-8(14)9(6-7)19(17,18)16-11-3-1-2-10(13)15-11/h1-6H,14H2,(H,15,16). The predicted octanol–water partition coefficient (Wildman–Crippen LogP) is 2.88. The van der Waals surface area contributed by atoms with Crippen molar-refractivity contribution in [2.45, 2.75) is 4.90 Å². The van der Waals surface area contributed by atoms with Crippen LogP contribution in [0.3, 0.4) is 0 Å². The van der Waals surface area contributed by atoms with Gasteiger partial charge in [-0.2, -0.15) is 0 Å². The molecule has 2 rings (SSSR count). The van der Waals surface area contributed by atoms with E-state index in [1.54, 1.807) is 18.2 Å². The van der Waals surface area contributed by atoms with Crippen molar-refractivity contribution in [1.29, 1.82) is 0 Å². The number of hydrogen-bond donors (Lipinski definition) is 2. The number of halogens is 2. The Kier molecular flexibility index (Phi) is 3.98. The van der Waals surface area contributed by atoms with Crippen LogP contribution in [0.2, 0.25) is 5.15 Å². The highest BCUT2D eigenvalue weighted by Crippen LogP contribution is 2.24. The third-order valence-corrected chi connectivity index (χ3v) is 4.33. The number of nitrogens with one attached hydrogen (secondary N) is 1. The summed E-state index contributed by atoms with van der Waals surface area (Å²) >= 11 is 8.90. The zero-order valence-electron chi connectivity index (χ0n) is 9.47. The Hall–Kier alpha value is -1.31. The molecule has 0 atom stereocenters. The molecule has 0 bridgehead atoms. The summed E-state index contributed by atoms with van der Waals surface area (Å²) in [4.78, 5) is 3.83. The molecule has 8 heteroatoms. The molecule has 0 aliphatic rings. The average Bonchev–Trinajstić information content (AvgIpc) is 2.31. The van der Waals surface area contributed by atoms with E-state index >= 15 is 0 Å². The van der Waals surface area contributed by atoms with Crippen LogP contribution in [0.4, 0.5) is 11.5 Å². The van der Waals surface area contributed by atoms with Gasteiger partial charge in [0.2, 0.25) is 0 Å². The second-order valence-electron chi connectivity index (χ2n) is 3.63. The van der Waals surface area contributed by atoms with Crippen molar-refractivity contribution < 1.29 is 8.42 Å². The Morgan fingerprint density at radius 2 is 2.00 bits per heavy atom. The Morgan fingerprint density at radius 3 is 2.68 bits per heavy atom. The van der Waals surface area contributed by atoms with Crippen LogP contribution in [0.5, 0.6) is 0 Å². The molecule has 2 aromatic rings. The molecule has 0 saturated carbocycles. The minimum atomic E-state index is -3.81. The zero-order chi connectivity index (χ0) is 14.0. The number of sulfonamides is 1. The normalized spacial score (nSPS) is 11.3. The van der Waals surface area contributed by atoms with E-state index in [0.717, 1.165) is 0 Å². The molecule has 0 amide bonds. The number of benzene rings is 1. The van der Waals surface area contributed by atoms with Crippen LogP contribution < -0.4 is 10.5 Å². The van der Waals surface area contributed by atoms with Gasteiger partial charge in [0.05, 0.1) is 5.69 Å². The Morgan fingerprint density at radius 1 is 1.26 bits per heavy atom. The van der Waals surface area contributed by atoms with Crippen molar-refractivity contribution in [3.63, 3.8) is 0 Å². The lowest BCUT2D eigenvalue weighted by molar-refractivity contribution is 0.601. The van der Waals surface area contributed by atoms with E-state index in [9.17, 15) is 8.42 Å². The van der Waals surface area contributed by atoms with Gasteiger partial charge in [0.1, 0.15) is 15.9 Å².